The number of aryl methyl sites for hydroxylation is 2. The number of halogens is 1. The second-order valence-corrected chi connectivity index (χ2v) is 4.89. The molecule has 0 N–H and O–H groups in total. The van der Waals surface area contributed by atoms with Crippen LogP contribution in [-0.4, -0.2) is 10.8 Å². The van der Waals surface area contributed by atoms with Gasteiger partial charge in [0.25, 0.3) is 0 Å². The van der Waals surface area contributed by atoms with Crippen LogP contribution >= 0.6 is 11.6 Å². The molecule has 92 valence electrons. The van der Waals surface area contributed by atoms with Crippen LogP contribution in [0.4, 0.5) is 0 Å². The van der Waals surface area contributed by atoms with E-state index in [1.165, 1.54) is 17.3 Å². The van der Waals surface area contributed by atoms with Crippen LogP contribution < -0.4 is 0 Å². The molecule has 3 heteroatoms. The van der Waals surface area contributed by atoms with Crippen molar-refractivity contribution in [3.8, 4) is 0 Å². The minimum absolute atomic E-state index is 0.0108. The largest absolute Gasteiger partial charge is 0.292 e. The fourth-order valence-corrected chi connectivity index (χ4v) is 2.10. The van der Waals surface area contributed by atoms with Crippen LogP contribution in [0, 0.1) is 13.8 Å². The Balaban J connectivity index is 2.18. The summed E-state index contributed by atoms with van der Waals surface area (Å²) in [7, 11) is 0. The molecular weight excluding hydrogens is 246 g/mol. The standard InChI is InChI=1S/C15H14ClNO/c1-10-5-11(2)7-12(6-10)8-15(18)14-4-3-13(16)9-17-14/h3-7,9H,8H2,1-2H3. The van der Waals surface area contributed by atoms with Crippen molar-refractivity contribution in [3.63, 3.8) is 0 Å². The number of nitrogens with zero attached hydrogens (tertiary/aromatic N) is 1. The van der Waals surface area contributed by atoms with Gasteiger partial charge in [-0.05, 0) is 31.5 Å². The van der Waals surface area contributed by atoms with Gasteiger partial charge < -0.3 is 0 Å². The van der Waals surface area contributed by atoms with Crippen molar-refractivity contribution < 1.29 is 4.79 Å². The monoisotopic (exact) mass is 259 g/mol. The summed E-state index contributed by atoms with van der Waals surface area (Å²) in [6, 6.07) is 9.49. The average Bonchev–Trinajstić information content (AvgIpc) is 2.28. The third-order valence-corrected chi connectivity index (χ3v) is 2.88. The van der Waals surface area contributed by atoms with Gasteiger partial charge in [0.1, 0.15) is 5.69 Å². The molecule has 0 aliphatic heterocycles. The number of hydrogen-bond donors (Lipinski definition) is 0. The Hall–Kier alpha value is -1.67. The van der Waals surface area contributed by atoms with Crippen molar-refractivity contribution in [1.82, 2.24) is 4.98 Å². The summed E-state index contributed by atoms with van der Waals surface area (Å²) in [5.74, 6) is 0.0108. The highest BCUT2D eigenvalue weighted by molar-refractivity contribution is 6.30. The van der Waals surface area contributed by atoms with Gasteiger partial charge in [0.05, 0.1) is 5.02 Å². The normalized spacial score (nSPS) is 10.4. The first-order valence-electron chi connectivity index (χ1n) is 5.76. The van der Waals surface area contributed by atoms with E-state index in [2.05, 4.69) is 11.1 Å². The van der Waals surface area contributed by atoms with Crippen molar-refractivity contribution in [2.45, 2.75) is 20.3 Å². The molecule has 0 spiro atoms. The second-order valence-electron chi connectivity index (χ2n) is 4.46. The van der Waals surface area contributed by atoms with Crippen LogP contribution in [0.5, 0.6) is 0 Å². The maximum absolute atomic E-state index is 12.0. The highest BCUT2D eigenvalue weighted by atomic mass is 35.5. The van der Waals surface area contributed by atoms with E-state index in [9.17, 15) is 4.79 Å². The summed E-state index contributed by atoms with van der Waals surface area (Å²) in [6.45, 7) is 4.06. The minimum Gasteiger partial charge on any atom is -0.292 e. The molecule has 1 aromatic carbocycles. The molecule has 1 aromatic heterocycles. The molecule has 0 aliphatic carbocycles. The van der Waals surface area contributed by atoms with Gasteiger partial charge in [-0.3, -0.25) is 9.78 Å². The first kappa shape index (κ1) is 12.8. The predicted octanol–water partition coefficient (Wildman–Crippen LogP) is 3.78. The lowest BCUT2D eigenvalue weighted by atomic mass is 10.0. The third kappa shape index (κ3) is 3.17. The van der Waals surface area contributed by atoms with Crippen molar-refractivity contribution in [2.24, 2.45) is 0 Å². The van der Waals surface area contributed by atoms with Crippen molar-refractivity contribution in [2.75, 3.05) is 0 Å². The molecule has 2 nitrogen and oxygen atoms in total. The summed E-state index contributed by atoms with van der Waals surface area (Å²) < 4.78 is 0. The lowest BCUT2D eigenvalue weighted by molar-refractivity contribution is 0.0988. The van der Waals surface area contributed by atoms with Gasteiger partial charge in [0, 0.05) is 12.6 Å². The van der Waals surface area contributed by atoms with E-state index in [0.717, 1.165) is 5.56 Å². The zero-order valence-electron chi connectivity index (χ0n) is 10.4. The molecule has 0 saturated carbocycles. The molecule has 2 rings (SSSR count). The first-order chi connectivity index (χ1) is 8.54. The van der Waals surface area contributed by atoms with Crippen LogP contribution in [0.25, 0.3) is 0 Å². The highest BCUT2D eigenvalue weighted by Crippen LogP contribution is 2.13. The van der Waals surface area contributed by atoms with Crippen LogP contribution in [0.15, 0.2) is 36.5 Å². The Bertz CT molecular complexity index is 555. The van der Waals surface area contributed by atoms with Crippen molar-refractivity contribution in [3.05, 3.63) is 63.9 Å². The predicted molar refractivity (Wildman–Crippen MR) is 73.2 cm³/mol. The Labute approximate surface area is 112 Å². The first-order valence-corrected chi connectivity index (χ1v) is 6.14. The van der Waals surface area contributed by atoms with Gasteiger partial charge >= 0.3 is 0 Å². The lowest BCUT2D eigenvalue weighted by Gasteiger charge is -2.04. The number of Topliss-reactive ketones (excluding diaryl/α,β-unsaturated/α-hetero) is 1. The maximum atomic E-state index is 12.0. The van der Waals surface area contributed by atoms with Crippen molar-refractivity contribution >= 4 is 17.4 Å². The average molecular weight is 260 g/mol. The van der Waals surface area contributed by atoms with E-state index in [-0.39, 0.29) is 5.78 Å². The van der Waals surface area contributed by atoms with Crippen LogP contribution in [0.1, 0.15) is 27.2 Å². The minimum atomic E-state index is 0.0108. The van der Waals surface area contributed by atoms with Crippen LogP contribution in [0.3, 0.4) is 0 Å². The number of pyridine rings is 1. The molecule has 0 atom stereocenters. The highest BCUT2D eigenvalue weighted by Gasteiger charge is 2.09. The van der Waals surface area contributed by atoms with Crippen molar-refractivity contribution in [1.29, 1.82) is 0 Å². The van der Waals surface area contributed by atoms with Crippen LogP contribution in [0.2, 0.25) is 5.02 Å². The van der Waals surface area contributed by atoms with Gasteiger partial charge in [-0.2, -0.15) is 0 Å². The van der Waals surface area contributed by atoms with E-state index in [0.29, 0.717) is 17.1 Å². The molecule has 0 amide bonds. The molecule has 1 heterocycles. The smallest absolute Gasteiger partial charge is 0.185 e. The molecule has 0 fully saturated rings. The maximum Gasteiger partial charge on any atom is 0.185 e. The Morgan fingerprint density at radius 2 is 1.83 bits per heavy atom. The molecule has 0 saturated heterocycles. The summed E-state index contributed by atoms with van der Waals surface area (Å²) in [5, 5.41) is 0.540. The number of hydrogen-bond acceptors (Lipinski definition) is 2. The number of benzene rings is 1. The quantitative estimate of drug-likeness (QED) is 0.786. The molecule has 0 unspecified atom stereocenters. The fourth-order valence-electron chi connectivity index (χ4n) is 1.99. The Morgan fingerprint density at radius 1 is 1.17 bits per heavy atom. The summed E-state index contributed by atoms with van der Waals surface area (Å²) in [4.78, 5) is 16.1. The third-order valence-electron chi connectivity index (χ3n) is 2.66. The molecule has 18 heavy (non-hydrogen) atoms. The Morgan fingerprint density at radius 3 is 2.39 bits per heavy atom. The number of carbonyl (C=O) groups is 1. The summed E-state index contributed by atoms with van der Waals surface area (Å²) in [6.07, 6.45) is 1.87. The Kier molecular flexibility index (Phi) is 3.78. The summed E-state index contributed by atoms with van der Waals surface area (Å²) in [5.41, 5.74) is 3.82. The molecule has 0 bridgehead atoms. The topological polar surface area (TPSA) is 30.0 Å². The SMILES string of the molecule is Cc1cc(C)cc(CC(=O)c2ccc(Cl)cn2)c1. The second kappa shape index (κ2) is 5.32. The number of carbonyl (C=O) groups excluding carboxylic acids is 1. The lowest BCUT2D eigenvalue weighted by Crippen LogP contribution is -2.06. The van der Waals surface area contributed by atoms with Gasteiger partial charge in [-0.1, -0.05) is 40.9 Å². The number of ketones is 1. The zero-order chi connectivity index (χ0) is 13.1. The van der Waals surface area contributed by atoms with E-state index in [1.54, 1.807) is 12.1 Å². The van der Waals surface area contributed by atoms with Gasteiger partial charge in [0.2, 0.25) is 0 Å². The van der Waals surface area contributed by atoms with E-state index in [4.69, 9.17) is 11.6 Å². The molecule has 0 radical (unpaired) electrons. The number of rotatable bonds is 3. The fraction of sp³-hybridized carbons (Fsp3) is 0.200. The van der Waals surface area contributed by atoms with Crippen LogP contribution in [-0.2, 0) is 6.42 Å². The van der Waals surface area contributed by atoms with Gasteiger partial charge in [0.15, 0.2) is 5.78 Å². The van der Waals surface area contributed by atoms with Gasteiger partial charge in [-0.15, -0.1) is 0 Å². The molecule has 2 aromatic rings. The molecular formula is C15H14ClNO. The van der Waals surface area contributed by atoms with E-state index < -0.39 is 0 Å². The summed E-state index contributed by atoms with van der Waals surface area (Å²) >= 11 is 5.74. The van der Waals surface area contributed by atoms with Gasteiger partial charge in [-0.25, -0.2) is 0 Å². The number of aromatic nitrogens is 1. The van der Waals surface area contributed by atoms with E-state index >= 15 is 0 Å². The zero-order valence-corrected chi connectivity index (χ0v) is 11.2. The van der Waals surface area contributed by atoms with E-state index in [1.807, 2.05) is 26.0 Å². The molecule has 0 aliphatic rings.